The summed E-state index contributed by atoms with van der Waals surface area (Å²) in [5.41, 5.74) is 0.964. The molecule has 0 fully saturated rings. The molecule has 120 valence electrons. The van der Waals surface area contributed by atoms with Gasteiger partial charge in [-0.25, -0.2) is 0 Å². The maximum atomic E-state index is 10.8. The van der Waals surface area contributed by atoms with Gasteiger partial charge in [0.1, 0.15) is 12.7 Å². The van der Waals surface area contributed by atoms with E-state index in [4.69, 9.17) is 9.47 Å². The lowest BCUT2D eigenvalue weighted by Crippen LogP contribution is -2.45. The molecule has 3 rings (SSSR count). The second-order valence-electron chi connectivity index (χ2n) is 5.51. The molecule has 0 aliphatic carbocycles. The highest BCUT2D eigenvalue weighted by molar-refractivity contribution is 5.40. The lowest BCUT2D eigenvalue weighted by molar-refractivity contribution is -0.384. The maximum absolute atomic E-state index is 10.8. The summed E-state index contributed by atoms with van der Waals surface area (Å²) in [5, 5.41) is 14.1. The minimum absolute atomic E-state index is 0.0441. The summed E-state index contributed by atoms with van der Waals surface area (Å²) in [7, 11) is 0. The van der Waals surface area contributed by atoms with Crippen molar-refractivity contribution in [2.24, 2.45) is 0 Å². The number of nitrogens with zero attached hydrogens (tertiary/aromatic N) is 1. The highest BCUT2D eigenvalue weighted by Crippen LogP contribution is 2.31. The van der Waals surface area contributed by atoms with E-state index in [1.54, 1.807) is 12.1 Å². The van der Waals surface area contributed by atoms with Gasteiger partial charge in [-0.15, -0.1) is 0 Å². The monoisotopic (exact) mass is 314 g/mol. The number of rotatable bonds is 5. The van der Waals surface area contributed by atoms with Gasteiger partial charge < -0.3 is 14.8 Å². The van der Waals surface area contributed by atoms with Crippen LogP contribution in [0, 0.1) is 10.1 Å². The molecule has 0 radical (unpaired) electrons. The molecule has 1 aliphatic heterocycles. The summed E-state index contributed by atoms with van der Waals surface area (Å²) in [6.45, 7) is 3.02. The first kappa shape index (κ1) is 15.3. The van der Waals surface area contributed by atoms with Crippen molar-refractivity contribution in [2.75, 3.05) is 6.61 Å². The SMILES string of the molecule is C[C@@H](NCc1cccc([N+](=O)[O-])c1)[C@H]1COc2ccccc2O1. The highest BCUT2D eigenvalue weighted by atomic mass is 16.6. The topological polar surface area (TPSA) is 73.6 Å². The standard InChI is InChI=1S/C17H18N2O4/c1-12(17-11-22-15-7-2-3-8-16(15)23-17)18-10-13-5-4-6-14(9-13)19(20)21/h2-9,12,17-18H,10-11H2,1H3/t12-,17-/m1/s1. The number of nitro groups is 1. The van der Waals surface area contributed by atoms with Crippen molar-refractivity contribution in [3.05, 3.63) is 64.2 Å². The molecule has 1 N–H and O–H groups in total. The lowest BCUT2D eigenvalue weighted by Gasteiger charge is -2.31. The molecule has 6 heteroatoms. The van der Waals surface area contributed by atoms with E-state index < -0.39 is 0 Å². The van der Waals surface area contributed by atoms with E-state index in [-0.39, 0.29) is 22.8 Å². The Morgan fingerprint density at radius 2 is 2.04 bits per heavy atom. The molecule has 0 aromatic heterocycles. The first-order valence-corrected chi connectivity index (χ1v) is 7.48. The fourth-order valence-corrected chi connectivity index (χ4v) is 2.47. The normalized spacial score (nSPS) is 17.5. The van der Waals surface area contributed by atoms with Crippen LogP contribution in [0.4, 0.5) is 5.69 Å². The molecule has 1 heterocycles. The molecule has 23 heavy (non-hydrogen) atoms. The molecule has 1 aliphatic rings. The predicted octanol–water partition coefficient (Wildman–Crippen LogP) is 2.91. The van der Waals surface area contributed by atoms with E-state index in [1.165, 1.54) is 6.07 Å². The quantitative estimate of drug-likeness (QED) is 0.678. The molecule has 0 bridgehead atoms. The number of hydrogen-bond donors (Lipinski definition) is 1. The Hall–Kier alpha value is -2.60. The summed E-state index contributed by atoms with van der Waals surface area (Å²) < 4.78 is 11.7. The van der Waals surface area contributed by atoms with Gasteiger partial charge in [0.25, 0.3) is 5.69 Å². The average molecular weight is 314 g/mol. The molecule has 0 saturated heterocycles. The number of nitro benzene ring substituents is 1. The van der Waals surface area contributed by atoms with Crippen LogP contribution >= 0.6 is 0 Å². The van der Waals surface area contributed by atoms with E-state index >= 15 is 0 Å². The molecule has 0 saturated carbocycles. The van der Waals surface area contributed by atoms with Crippen molar-refractivity contribution in [3.8, 4) is 11.5 Å². The summed E-state index contributed by atoms with van der Waals surface area (Å²) in [5.74, 6) is 1.50. The Bertz CT molecular complexity index is 704. The van der Waals surface area contributed by atoms with E-state index in [0.717, 1.165) is 17.1 Å². The van der Waals surface area contributed by atoms with Crippen molar-refractivity contribution in [1.82, 2.24) is 5.32 Å². The Morgan fingerprint density at radius 1 is 1.26 bits per heavy atom. The number of para-hydroxylation sites is 2. The average Bonchev–Trinajstić information content (AvgIpc) is 2.59. The number of nitrogens with one attached hydrogen (secondary N) is 1. The van der Waals surface area contributed by atoms with Crippen molar-refractivity contribution in [3.63, 3.8) is 0 Å². The van der Waals surface area contributed by atoms with Crippen molar-refractivity contribution >= 4 is 5.69 Å². The molecule has 2 aromatic rings. The van der Waals surface area contributed by atoms with Crippen LogP contribution in [0.3, 0.4) is 0 Å². The molecular formula is C17H18N2O4. The molecular weight excluding hydrogens is 296 g/mol. The zero-order valence-corrected chi connectivity index (χ0v) is 12.8. The fraction of sp³-hybridized carbons (Fsp3) is 0.294. The third-order valence-corrected chi connectivity index (χ3v) is 3.84. The molecule has 6 nitrogen and oxygen atoms in total. The number of hydrogen-bond acceptors (Lipinski definition) is 5. The first-order chi connectivity index (χ1) is 11.1. The third-order valence-electron chi connectivity index (χ3n) is 3.84. The fourth-order valence-electron chi connectivity index (χ4n) is 2.47. The van der Waals surface area contributed by atoms with Crippen LogP contribution in [0.25, 0.3) is 0 Å². The lowest BCUT2D eigenvalue weighted by atomic mass is 10.1. The van der Waals surface area contributed by atoms with Gasteiger partial charge in [0, 0.05) is 24.7 Å². The Morgan fingerprint density at radius 3 is 2.83 bits per heavy atom. The van der Waals surface area contributed by atoms with Gasteiger partial charge in [-0.05, 0) is 24.6 Å². The summed E-state index contributed by atoms with van der Waals surface area (Å²) in [4.78, 5) is 10.4. The van der Waals surface area contributed by atoms with E-state index in [0.29, 0.717) is 13.2 Å². The van der Waals surface area contributed by atoms with Crippen LogP contribution in [0.2, 0.25) is 0 Å². The Kier molecular flexibility index (Phi) is 4.43. The van der Waals surface area contributed by atoms with E-state index in [9.17, 15) is 10.1 Å². The van der Waals surface area contributed by atoms with Crippen molar-refractivity contribution < 1.29 is 14.4 Å². The second-order valence-corrected chi connectivity index (χ2v) is 5.51. The molecule has 2 atom stereocenters. The van der Waals surface area contributed by atoms with Crippen LogP contribution in [0.5, 0.6) is 11.5 Å². The van der Waals surface area contributed by atoms with Crippen molar-refractivity contribution in [1.29, 1.82) is 0 Å². The predicted molar refractivity (Wildman–Crippen MR) is 85.8 cm³/mol. The van der Waals surface area contributed by atoms with Crippen LogP contribution in [0.1, 0.15) is 12.5 Å². The van der Waals surface area contributed by atoms with Gasteiger partial charge >= 0.3 is 0 Å². The minimum atomic E-state index is -0.387. The van der Waals surface area contributed by atoms with Gasteiger partial charge in [0.2, 0.25) is 0 Å². The van der Waals surface area contributed by atoms with Crippen LogP contribution in [0.15, 0.2) is 48.5 Å². The number of benzene rings is 2. The summed E-state index contributed by atoms with van der Waals surface area (Å²) >= 11 is 0. The number of fused-ring (bicyclic) bond motifs is 1. The molecule has 0 spiro atoms. The van der Waals surface area contributed by atoms with Gasteiger partial charge in [0.15, 0.2) is 11.5 Å². The zero-order valence-electron chi connectivity index (χ0n) is 12.8. The zero-order chi connectivity index (χ0) is 16.2. The second kappa shape index (κ2) is 6.66. The number of ether oxygens (including phenoxy) is 2. The van der Waals surface area contributed by atoms with Gasteiger partial charge in [-0.1, -0.05) is 24.3 Å². The van der Waals surface area contributed by atoms with Crippen LogP contribution < -0.4 is 14.8 Å². The molecule has 0 amide bonds. The maximum Gasteiger partial charge on any atom is 0.269 e. The summed E-state index contributed by atoms with van der Waals surface area (Å²) in [6, 6.07) is 14.2. The minimum Gasteiger partial charge on any atom is -0.486 e. The van der Waals surface area contributed by atoms with Crippen LogP contribution in [-0.4, -0.2) is 23.7 Å². The summed E-state index contributed by atoms with van der Waals surface area (Å²) in [6.07, 6.45) is -0.108. The van der Waals surface area contributed by atoms with E-state index in [2.05, 4.69) is 5.32 Å². The largest absolute Gasteiger partial charge is 0.486 e. The van der Waals surface area contributed by atoms with Gasteiger partial charge in [-0.2, -0.15) is 0 Å². The van der Waals surface area contributed by atoms with Gasteiger partial charge in [0.05, 0.1) is 4.92 Å². The van der Waals surface area contributed by atoms with E-state index in [1.807, 2.05) is 37.3 Å². The van der Waals surface area contributed by atoms with Crippen LogP contribution in [-0.2, 0) is 6.54 Å². The first-order valence-electron chi connectivity index (χ1n) is 7.48. The smallest absolute Gasteiger partial charge is 0.269 e. The third kappa shape index (κ3) is 3.60. The number of non-ortho nitro benzene ring substituents is 1. The Labute approximate surface area is 134 Å². The van der Waals surface area contributed by atoms with Gasteiger partial charge in [-0.3, -0.25) is 10.1 Å². The van der Waals surface area contributed by atoms with Crippen molar-refractivity contribution in [2.45, 2.75) is 25.6 Å². The molecule has 2 aromatic carbocycles. The highest BCUT2D eigenvalue weighted by Gasteiger charge is 2.25. The molecule has 0 unspecified atom stereocenters. The Balaban J connectivity index is 1.59.